The SMILES string of the molecule is CNCCCN(C)S(=O)(=O)Nc1ccccc1C. The van der Waals surface area contributed by atoms with Gasteiger partial charge < -0.3 is 5.32 Å². The predicted octanol–water partition coefficient (Wildman–Crippen LogP) is 1.19. The quantitative estimate of drug-likeness (QED) is 0.732. The molecule has 0 aliphatic heterocycles. The molecular weight excluding hydrogens is 250 g/mol. The van der Waals surface area contributed by atoms with Gasteiger partial charge in [0.05, 0.1) is 5.69 Å². The van der Waals surface area contributed by atoms with Crippen LogP contribution in [0.5, 0.6) is 0 Å². The Morgan fingerprint density at radius 2 is 1.94 bits per heavy atom. The summed E-state index contributed by atoms with van der Waals surface area (Å²) in [5, 5.41) is 2.99. The third-order valence-corrected chi connectivity index (χ3v) is 4.18. The van der Waals surface area contributed by atoms with Crippen molar-refractivity contribution < 1.29 is 8.42 Å². The lowest BCUT2D eigenvalue weighted by molar-refractivity contribution is 0.462. The van der Waals surface area contributed by atoms with Crippen LogP contribution in [0.25, 0.3) is 0 Å². The van der Waals surface area contributed by atoms with Crippen LogP contribution in [0.1, 0.15) is 12.0 Å². The molecule has 0 saturated heterocycles. The van der Waals surface area contributed by atoms with Gasteiger partial charge in [-0.1, -0.05) is 18.2 Å². The predicted molar refractivity (Wildman–Crippen MR) is 74.9 cm³/mol. The van der Waals surface area contributed by atoms with Crippen LogP contribution in [0.15, 0.2) is 24.3 Å². The zero-order valence-corrected chi connectivity index (χ0v) is 11.9. The summed E-state index contributed by atoms with van der Waals surface area (Å²) in [4.78, 5) is 0. The van der Waals surface area contributed by atoms with Gasteiger partial charge >= 0.3 is 10.2 Å². The first-order valence-corrected chi connectivity index (χ1v) is 7.35. The van der Waals surface area contributed by atoms with Gasteiger partial charge in [0.1, 0.15) is 0 Å². The molecule has 0 atom stereocenters. The first-order chi connectivity index (χ1) is 8.47. The summed E-state index contributed by atoms with van der Waals surface area (Å²) in [6, 6.07) is 7.32. The van der Waals surface area contributed by atoms with E-state index < -0.39 is 10.2 Å². The average molecular weight is 271 g/mol. The molecule has 0 spiro atoms. The molecule has 2 N–H and O–H groups in total. The van der Waals surface area contributed by atoms with Crippen molar-refractivity contribution in [3.63, 3.8) is 0 Å². The molecule has 0 aromatic heterocycles. The number of aryl methyl sites for hydroxylation is 1. The molecule has 6 heteroatoms. The van der Waals surface area contributed by atoms with Gasteiger partial charge in [0.2, 0.25) is 0 Å². The van der Waals surface area contributed by atoms with Crippen LogP contribution >= 0.6 is 0 Å². The van der Waals surface area contributed by atoms with E-state index in [-0.39, 0.29) is 0 Å². The molecule has 0 aliphatic carbocycles. The lowest BCUT2D eigenvalue weighted by Gasteiger charge is -2.19. The Morgan fingerprint density at radius 1 is 1.28 bits per heavy atom. The molecule has 18 heavy (non-hydrogen) atoms. The van der Waals surface area contributed by atoms with Crippen molar-refractivity contribution in [3.8, 4) is 0 Å². The maximum absolute atomic E-state index is 12.0. The Labute approximate surface area is 109 Å². The van der Waals surface area contributed by atoms with Gasteiger partial charge in [0.15, 0.2) is 0 Å². The van der Waals surface area contributed by atoms with Gasteiger partial charge in [-0.05, 0) is 38.6 Å². The monoisotopic (exact) mass is 271 g/mol. The highest BCUT2D eigenvalue weighted by molar-refractivity contribution is 7.90. The number of rotatable bonds is 7. The van der Waals surface area contributed by atoms with E-state index in [1.54, 1.807) is 13.1 Å². The standard InChI is InChI=1S/C12H21N3O2S/c1-11-7-4-5-8-12(11)14-18(16,17)15(3)10-6-9-13-2/h4-5,7-8,13-14H,6,9-10H2,1-3H3. The average Bonchev–Trinajstić information content (AvgIpc) is 2.32. The highest BCUT2D eigenvalue weighted by atomic mass is 32.2. The number of benzene rings is 1. The van der Waals surface area contributed by atoms with Crippen molar-refractivity contribution in [1.29, 1.82) is 0 Å². The third kappa shape index (κ3) is 4.29. The number of anilines is 1. The molecule has 0 saturated carbocycles. The van der Waals surface area contributed by atoms with Crippen LogP contribution in [0, 0.1) is 6.92 Å². The number of para-hydroxylation sites is 1. The van der Waals surface area contributed by atoms with E-state index in [4.69, 9.17) is 0 Å². The van der Waals surface area contributed by atoms with Gasteiger partial charge in [0.25, 0.3) is 0 Å². The maximum Gasteiger partial charge on any atom is 0.301 e. The second-order valence-corrected chi connectivity index (χ2v) is 5.98. The third-order valence-electron chi connectivity index (χ3n) is 2.69. The summed E-state index contributed by atoms with van der Waals surface area (Å²) in [5.74, 6) is 0. The molecule has 0 amide bonds. The molecule has 0 unspecified atom stereocenters. The fourth-order valence-corrected chi connectivity index (χ4v) is 2.54. The maximum atomic E-state index is 12.0. The van der Waals surface area contributed by atoms with E-state index >= 15 is 0 Å². The van der Waals surface area contributed by atoms with Crippen molar-refractivity contribution in [1.82, 2.24) is 9.62 Å². The van der Waals surface area contributed by atoms with Gasteiger partial charge in [-0.15, -0.1) is 0 Å². The topological polar surface area (TPSA) is 61.4 Å². The summed E-state index contributed by atoms with van der Waals surface area (Å²) in [6.45, 7) is 3.16. The molecule has 102 valence electrons. The molecule has 0 fully saturated rings. The Hall–Kier alpha value is -1.11. The van der Waals surface area contributed by atoms with Crippen LogP contribution in [0.2, 0.25) is 0 Å². The second kappa shape index (κ2) is 6.72. The fraction of sp³-hybridized carbons (Fsp3) is 0.500. The molecular formula is C12H21N3O2S. The van der Waals surface area contributed by atoms with E-state index in [1.807, 2.05) is 32.2 Å². The van der Waals surface area contributed by atoms with Crippen LogP contribution in [-0.4, -0.2) is 39.9 Å². The van der Waals surface area contributed by atoms with E-state index in [2.05, 4.69) is 10.0 Å². The number of nitrogens with one attached hydrogen (secondary N) is 2. The van der Waals surface area contributed by atoms with Crippen LogP contribution in [0.3, 0.4) is 0 Å². The fourth-order valence-electron chi connectivity index (χ4n) is 1.50. The van der Waals surface area contributed by atoms with E-state index in [0.29, 0.717) is 12.2 Å². The molecule has 1 aromatic carbocycles. The minimum Gasteiger partial charge on any atom is -0.320 e. The van der Waals surface area contributed by atoms with Crippen molar-refractivity contribution >= 4 is 15.9 Å². The van der Waals surface area contributed by atoms with Crippen LogP contribution in [0.4, 0.5) is 5.69 Å². The van der Waals surface area contributed by atoms with Crippen molar-refractivity contribution in [2.45, 2.75) is 13.3 Å². The largest absolute Gasteiger partial charge is 0.320 e. The first kappa shape index (κ1) is 14.9. The van der Waals surface area contributed by atoms with E-state index in [0.717, 1.165) is 18.5 Å². The number of hydrogen-bond donors (Lipinski definition) is 2. The molecule has 0 heterocycles. The summed E-state index contributed by atoms with van der Waals surface area (Å²) in [5.41, 5.74) is 1.53. The minimum atomic E-state index is -3.46. The molecule has 0 bridgehead atoms. The lowest BCUT2D eigenvalue weighted by atomic mass is 10.2. The van der Waals surface area contributed by atoms with Gasteiger partial charge in [-0.3, -0.25) is 4.72 Å². The Bertz CT molecular complexity index is 474. The zero-order valence-electron chi connectivity index (χ0n) is 11.1. The summed E-state index contributed by atoms with van der Waals surface area (Å²) in [7, 11) is -0.0338. The normalized spacial score (nSPS) is 11.8. The van der Waals surface area contributed by atoms with Gasteiger partial charge in [-0.2, -0.15) is 12.7 Å². The van der Waals surface area contributed by atoms with Crippen molar-refractivity contribution in [3.05, 3.63) is 29.8 Å². The lowest BCUT2D eigenvalue weighted by Crippen LogP contribution is -2.34. The summed E-state index contributed by atoms with van der Waals surface area (Å²) >= 11 is 0. The highest BCUT2D eigenvalue weighted by Crippen LogP contribution is 2.15. The first-order valence-electron chi connectivity index (χ1n) is 5.91. The second-order valence-electron chi connectivity index (χ2n) is 4.20. The molecule has 1 aromatic rings. The molecule has 0 radical (unpaired) electrons. The van der Waals surface area contributed by atoms with Gasteiger partial charge in [0, 0.05) is 13.6 Å². The smallest absolute Gasteiger partial charge is 0.301 e. The Balaban J connectivity index is 2.67. The van der Waals surface area contributed by atoms with Crippen LogP contribution in [-0.2, 0) is 10.2 Å². The summed E-state index contributed by atoms with van der Waals surface area (Å²) in [6.07, 6.45) is 0.779. The van der Waals surface area contributed by atoms with Crippen molar-refractivity contribution in [2.24, 2.45) is 0 Å². The number of hydrogen-bond acceptors (Lipinski definition) is 3. The van der Waals surface area contributed by atoms with Crippen molar-refractivity contribution in [2.75, 3.05) is 31.9 Å². The minimum absolute atomic E-state index is 0.488. The zero-order chi connectivity index (χ0) is 13.6. The highest BCUT2D eigenvalue weighted by Gasteiger charge is 2.17. The molecule has 0 aliphatic rings. The number of nitrogens with zero attached hydrogens (tertiary/aromatic N) is 1. The van der Waals surface area contributed by atoms with Gasteiger partial charge in [-0.25, -0.2) is 0 Å². The molecule has 5 nitrogen and oxygen atoms in total. The molecule has 1 rings (SSSR count). The van der Waals surface area contributed by atoms with E-state index in [9.17, 15) is 8.42 Å². The van der Waals surface area contributed by atoms with E-state index in [1.165, 1.54) is 4.31 Å². The van der Waals surface area contributed by atoms with Crippen LogP contribution < -0.4 is 10.0 Å². The Morgan fingerprint density at radius 3 is 2.56 bits per heavy atom. The Kier molecular flexibility index (Phi) is 5.58. The summed E-state index contributed by atoms with van der Waals surface area (Å²) < 4.78 is 28.0.